The molecule has 0 bridgehead atoms. The van der Waals surface area contributed by atoms with Crippen LogP contribution in [0.1, 0.15) is 17.4 Å². The minimum Gasteiger partial charge on any atom is -0.450 e. The fraction of sp³-hybridized carbons (Fsp3) is 0.0667. The summed E-state index contributed by atoms with van der Waals surface area (Å²) in [6.07, 6.45) is -0.784. The van der Waals surface area contributed by atoms with Gasteiger partial charge in [0.05, 0.1) is 4.47 Å². The first-order valence-electron chi connectivity index (χ1n) is 5.77. The van der Waals surface area contributed by atoms with Crippen LogP contribution in [-0.2, 0) is 0 Å². The molecular formula is C15H10Br2O2. The summed E-state index contributed by atoms with van der Waals surface area (Å²) in [6, 6.07) is 15.6. The number of hydrogen-bond donors (Lipinski definition) is 1. The molecule has 4 heteroatoms. The van der Waals surface area contributed by atoms with Gasteiger partial charge in [0, 0.05) is 0 Å². The third kappa shape index (κ3) is 2.36. The van der Waals surface area contributed by atoms with E-state index in [4.69, 9.17) is 4.42 Å². The van der Waals surface area contributed by atoms with E-state index in [1.165, 1.54) is 0 Å². The van der Waals surface area contributed by atoms with E-state index in [0.717, 1.165) is 20.8 Å². The summed E-state index contributed by atoms with van der Waals surface area (Å²) >= 11 is 6.64. The number of benzene rings is 2. The van der Waals surface area contributed by atoms with Gasteiger partial charge in [-0.05, 0) is 54.3 Å². The number of fused-ring (bicyclic) bond motifs is 1. The summed E-state index contributed by atoms with van der Waals surface area (Å²) in [6.45, 7) is 0. The van der Waals surface area contributed by atoms with Crippen molar-refractivity contribution >= 4 is 42.6 Å². The molecule has 0 aliphatic carbocycles. The average molecular weight is 382 g/mol. The lowest BCUT2D eigenvalue weighted by molar-refractivity contribution is 0.189. The number of halogens is 2. The Labute approximate surface area is 127 Å². The number of rotatable bonds is 2. The van der Waals surface area contributed by atoms with Gasteiger partial charge < -0.3 is 9.52 Å². The fourth-order valence-electron chi connectivity index (χ4n) is 2.14. The largest absolute Gasteiger partial charge is 0.450 e. The van der Waals surface area contributed by atoms with Gasteiger partial charge in [-0.2, -0.15) is 0 Å². The van der Waals surface area contributed by atoms with Gasteiger partial charge in [-0.1, -0.05) is 42.5 Å². The predicted molar refractivity (Wildman–Crippen MR) is 82.1 cm³/mol. The van der Waals surface area contributed by atoms with Crippen LogP contribution >= 0.6 is 31.9 Å². The monoisotopic (exact) mass is 380 g/mol. The summed E-state index contributed by atoms with van der Waals surface area (Å²) in [5, 5.41) is 12.6. The molecule has 1 aromatic heterocycles. The smallest absolute Gasteiger partial charge is 0.183 e. The Bertz CT molecular complexity index is 709. The van der Waals surface area contributed by atoms with E-state index < -0.39 is 6.10 Å². The SMILES string of the molecule is OC(c1cc(Br)c(Br)o1)c1cccc2ccccc12. The molecular weight excluding hydrogens is 372 g/mol. The average Bonchev–Trinajstić information content (AvgIpc) is 2.77. The molecule has 0 aliphatic heterocycles. The standard InChI is InChI=1S/C15H10Br2O2/c16-12-8-13(19-15(12)17)14(18)11-7-3-5-9-4-1-2-6-10(9)11/h1-8,14,18H. The van der Waals surface area contributed by atoms with Crippen LogP contribution in [0.25, 0.3) is 10.8 Å². The normalized spacial score (nSPS) is 12.8. The summed E-state index contributed by atoms with van der Waals surface area (Å²) in [4.78, 5) is 0. The maximum absolute atomic E-state index is 10.5. The molecule has 0 spiro atoms. The highest BCUT2D eigenvalue weighted by Crippen LogP contribution is 2.34. The first-order chi connectivity index (χ1) is 9.16. The molecule has 1 heterocycles. The summed E-state index contributed by atoms with van der Waals surface area (Å²) in [5.74, 6) is 0.509. The molecule has 2 nitrogen and oxygen atoms in total. The van der Waals surface area contributed by atoms with Crippen molar-refractivity contribution in [1.29, 1.82) is 0 Å². The summed E-state index contributed by atoms with van der Waals surface area (Å²) in [7, 11) is 0. The minimum atomic E-state index is -0.784. The second-order valence-electron chi connectivity index (χ2n) is 4.24. The molecule has 0 radical (unpaired) electrons. The van der Waals surface area contributed by atoms with Crippen molar-refractivity contribution in [2.45, 2.75) is 6.10 Å². The molecule has 3 aromatic rings. The van der Waals surface area contributed by atoms with E-state index >= 15 is 0 Å². The first kappa shape index (κ1) is 12.9. The fourth-order valence-corrected chi connectivity index (χ4v) is 2.75. The highest BCUT2D eigenvalue weighted by Gasteiger charge is 2.18. The van der Waals surface area contributed by atoms with Crippen LogP contribution in [0.15, 0.2) is 62.1 Å². The second kappa shape index (κ2) is 5.12. The Balaban J connectivity index is 2.13. The third-order valence-corrected chi connectivity index (χ3v) is 4.76. The molecule has 1 atom stereocenters. The van der Waals surface area contributed by atoms with E-state index in [1.54, 1.807) is 6.07 Å². The van der Waals surface area contributed by atoms with Crippen molar-refractivity contribution in [3.63, 3.8) is 0 Å². The van der Waals surface area contributed by atoms with Crippen LogP contribution < -0.4 is 0 Å². The lowest BCUT2D eigenvalue weighted by Gasteiger charge is -2.11. The van der Waals surface area contributed by atoms with Gasteiger partial charge in [-0.3, -0.25) is 0 Å². The van der Waals surface area contributed by atoms with Gasteiger partial charge in [-0.15, -0.1) is 0 Å². The third-order valence-electron chi connectivity index (χ3n) is 3.05. The molecule has 2 aromatic carbocycles. The maximum Gasteiger partial charge on any atom is 0.183 e. The van der Waals surface area contributed by atoms with E-state index in [2.05, 4.69) is 31.9 Å². The van der Waals surface area contributed by atoms with Crippen LogP contribution in [-0.4, -0.2) is 5.11 Å². The Morgan fingerprint density at radius 3 is 2.47 bits per heavy atom. The zero-order valence-corrected chi connectivity index (χ0v) is 13.0. The van der Waals surface area contributed by atoms with Crippen molar-refractivity contribution < 1.29 is 9.52 Å². The molecule has 3 rings (SSSR count). The Kier molecular flexibility index (Phi) is 3.48. The summed E-state index contributed by atoms with van der Waals surface area (Å²) < 4.78 is 6.88. The molecule has 1 unspecified atom stereocenters. The Morgan fingerprint density at radius 2 is 1.74 bits per heavy atom. The highest BCUT2D eigenvalue weighted by molar-refractivity contribution is 9.13. The zero-order valence-electron chi connectivity index (χ0n) is 9.81. The van der Waals surface area contributed by atoms with Crippen molar-refractivity contribution in [2.24, 2.45) is 0 Å². The van der Waals surface area contributed by atoms with Gasteiger partial charge in [0.1, 0.15) is 11.9 Å². The van der Waals surface area contributed by atoms with Crippen molar-refractivity contribution in [1.82, 2.24) is 0 Å². The summed E-state index contributed by atoms with van der Waals surface area (Å²) in [5.41, 5.74) is 0.840. The minimum absolute atomic E-state index is 0.509. The number of aliphatic hydroxyl groups is 1. The van der Waals surface area contributed by atoms with Crippen LogP contribution in [0.3, 0.4) is 0 Å². The molecule has 0 fully saturated rings. The van der Waals surface area contributed by atoms with E-state index in [1.807, 2.05) is 42.5 Å². The number of hydrogen-bond acceptors (Lipinski definition) is 2. The Morgan fingerprint density at radius 1 is 1.00 bits per heavy atom. The second-order valence-corrected chi connectivity index (χ2v) is 5.82. The van der Waals surface area contributed by atoms with Gasteiger partial charge in [-0.25, -0.2) is 0 Å². The van der Waals surface area contributed by atoms with Crippen molar-refractivity contribution in [2.75, 3.05) is 0 Å². The number of aliphatic hydroxyl groups excluding tert-OH is 1. The first-order valence-corrected chi connectivity index (χ1v) is 7.36. The van der Waals surface area contributed by atoms with Crippen LogP contribution in [0.2, 0.25) is 0 Å². The Hall–Kier alpha value is -1.10. The number of furan rings is 1. The quantitative estimate of drug-likeness (QED) is 0.674. The maximum atomic E-state index is 10.5. The van der Waals surface area contributed by atoms with E-state index in [0.29, 0.717) is 10.4 Å². The van der Waals surface area contributed by atoms with E-state index in [-0.39, 0.29) is 0 Å². The molecule has 0 saturated carbocycles. The predicted octanol–water partition coefficient (Wildman–Crippen LogP) is 5.04. The van der Waals surface area contributed by atoms with Crippen LogP contribution in [0, 0.1) is 0 Å². The molecule has 0 aliphatic rings. The topological polar surface area (TPSA) is 33.4 Å². The van der Waals surface area contributed by atoms with Crippen molar-refractivity contribution in [3.8, 4) is 0 Å². The molecule has 19 heavy (non-hydrogen) atoms. The van der Waals surface area contributed by atoms with Gasteiger partial charge in [0.2, 0.25) is 0 Å². The molecule has 0 amide bonds. The highest BCUT2D eigenvalue weighted by atomic mass is 79.9. The van der Waals surface area contributed by atoms with Crippen LogP contribution in [0.5, 0.6) is 0 Å². The molecule has 0 saturated heterocycles. The van der Waals surface area contributed by atoms with Crippen molar-refractivity contribution in [3.05, 3.63) is 69.0 Å². The van der Waals surface area contributed by atoms with Gasteiger partial charge in [0.15, 0.2) is 4.67 Å². The molecule has 96 valence electrons. The van der Waals surface area contributed by atoms with Crippen LogP contribution in [0.4, 0.5) is 0 Å². The van der Waals surface area contributed by atoms with Gasteiger partial charge in [0.25, 0.3) is 0 Å². The molecule has 1 N–H and O–H groups in total. The van der Waals surface area contributed by atoms with Gasteiger partial charge >= 0.3 is 0 Å². The zero-order chi connectivity index (χ0) is 13.4. The van der Waals surface area contributed by atoms with E-state index in [9.17, 15) is 5.11 Å². The lowest BCUT2D eigenvalue weighted by Crippen LogP contribution is -1.98. The lowest BCUT2D eigenvalue weighted by atomic mass is 9.99.